The van der Waals surface area contributed by atoms with Gasteiger partial charge in [-0.25, -0.2) is 13.4 Å². The summed E-state index contributed by atoms with van der Waals surface area (Å²) in [6, 6.07) is 1.98. The summed E-state index contributed by atoms with van der Waals surface area (Å²) in [4.78, 5) is 14.0. The van der Waals surface area contributed by atoms with Crippen molar-refractivity contribution in [1.29, 1.82) is 0 Å². The van der Waals surface area contributed by atoms with Crippen LogP contribution in [0.2, 0.25) is 0 Å². The third-order valence-corrected chi connectivity index (χ3v) is 7.74. The van der Waals surface area contributed by atoms with Gasteiger partial charge in [-0.2, -0.15) is 9.29 Å². The van der Waals surface area contributed by atoms with E-state index in [1.807, 2.05) is 13.0 Å². The molecule has 2 aromatic heterocycles. The summed E-state index contributed by atoms with van der Waals surface area (Å²) in [6.07, 6.45) is 3.60. The second kappa shape index (κ2) is 7.91. The smallest absolute Gasteiger partial charge is 0.248 e. The van der Waals surface area contributed by atoms with Crippen molar-refractivity contribution in [1.82, 2.24) is 19.4 Å². The molecule has 0 unspecified atom stereocenters. The molecule has 0 atom stereocenters. The van der Waals surface area contributed by atoms with Crippen molar-refractivity contribution in [3.63, 3.8) is 0 Å². The Morgan fingerprint density at radius 1 is 0.897 bits per heavy atom. The molecule has 2 aliphatic rings. The van der Waals surface area contributed by atoms with Gasteiger partial charge in [-0.3, -0.25) is 0 Å². The first-order valence-electron chi connectivity index (χ1n) is 10.1. The van der Waals surface area contributed by atoms with Gasteiger partial charge in [0, 0.05) is 51.0 Å². The molecule has 2 aliphatic heterocycles. The number of piperidine rings is 1. The lowest BCUT2D eigenvalue weighted by atomic mass is 10.1. The van der Waals surface area contributed by atoms with Gasteiger partial charge in [0.15, 0.2) is 5.76 Å². The van der Waals surface area contributed by atoms with Crippen LogP contribution in [-0.4, -0.2) is 67.1 Å². The van der Waals surface area contributed by atoms with E-state index in [1.54, 1.807) is 13.8 Å². The van der Waals surface area contributed by atoms with Crippen molar-refractivity contribution in [3.8, 4) is 0 Å². The van der Waals surface area contributed by atoms with E-state index >= 15 is 0 Å². The third kappa shape index (κ3) is 3.95. The van der Waals surface area contributed by atoms with Crippen LogP contribution in [0, 0.1) is 20.8 Å². The number of nitrogens with zero attached hydrogens (tertiary/aromatic N) is 6. The Balaban J connectivity index is 1.49. The van der Waals surface area contributed by atoms with Crippen LogP contribution in [0.15, 0.2) is 15.5 Å². The Kier molecular flexibility index (Phi) is 5.48. The molecule has 0 saturated carbocycles. The van der Waals surface area contributed by atoms with Crippen LogP contribution in [0.25, 0.3) is 0 Å². The van der Waals surface area contributed by atoms with Gasteiger partial charge in [-0.15, -0.1) is 0 Å². The molecule has 4 heterocycles. The lowest BCUT2D eigenvalue weighted by Gasteiger charge is -2.35. The first-order valence-corrected chi connectivity index (χ1v) is 11.6. The Morgan fingerprint density at radius 3 is 2.21 bits per heavy atom. The third-order valence-electron chi connectivity index (χ3n) is 5.60. The first-order chi connectivity index (χ1) is 13.9. The average Bonchev–Trinajstić information content (AvgIpc) is 3.07. The Bertz CT molecular complexity index is 956. The molecule has 2 fully saturated rings. The zero-order chi connectivity index (χ0) is 20.6. The number of hydrogen-bond acceptors (Lipinski definition) is 8. The molecule has 0 bridgehead atoms. The zero-order valence-corrected chi connectivity index (χ0v) is 18.1. The second-order valence-electron chi connectivity index (χ2n) is 7.76. The van der Waals surface area contributed by atoms with E-state index in [0.717, 1.165) is 30.5 Å². The molecule has 9 nitrogen and oxygen atoms in total. The zero-order valence-electron chi connectivity index (χ0n) is 17.3. The van der Waals surface area contributed by atoms with Gasteiger partial charge in [0.2, 0.25) is 16.0 Å². The van der Waals surface area contributed by atoms with Crippen molar-refractivity contribution in [2.75, 3.05) is 49.1 Å². The van der Waals surface area contributed by atoms with Crippen molar-refractivity contribution >= 4 is 21.8 Å². The summed E-state index contributed by atoms with van der Waals surface area (Å²) in [5, 5.41) is 3.79. The molecule has 29 heavy (non-hydrogen) atoms. The van der Waals surface area contributed by atoms with Crippen molar-refractivity contribution in [2.45, 2.75) is 44.9 Å². The van der Waals surface area contributed by atoms with E-state index in [9.17, 15) is 8.42 Å². The van der Waals surface area contributed by atoms with E-state index in [-0.39, 0.29) is 4.90 Å². The van der Waals surface area contributed by atoms with Crippen LogP contribution in [0.5, 0.6) is 0 Å². The molecule has 0 radical (unpaired) electrons. The van der Waals surface area contributed by atoms with Crippen LogP contribution in [-0.2, 0) is 10.0 Å². The normalized spacial score (nSPS) is 19.0. The molecule has 0 spiro atoms. The van der Waals surface area contributed by atoms with E-state index in [1.165, 1.54) is 23.6 Å². The van der Waals surface area contributed by atoms with Crippen LogP contribution >= 0.6 is 0 Å². The van der Waals surface area contributed by atoms with E-state index in [4.69, 9.17) is 9.51 Å². The fourth-order valence-corrected chi connectivity index (χ4v) is 5.78. The highest BCUT2D eigenvalue weighted by Crippen LogP contribution is 2.26. The molecule has 0 aliphatic carbocycles. The SMILES string of the molecule is Cc1cc(N2CCN(S(=O)(=O)c3c(C)noc3C)CC2)nc(N2CCCCC2)n1. The van der Waals surface area contributed by atoms with Crippen LogP contribution in [0.3, 0.4) is 0 Å². The topological polar surface area (TPSA) is 95.7 Å². The van der Waals surface area contributed by atoms with E-state index in [2.05, 4.69) is 19.9 Å². The molecule has 0 aromatic carbocycles. The number of aryl methyl sites for hydroxylation is 3. The highest BCUT2D eigenvalue weighted by molar-refractivity contribution is 7.89. The largest absolute Gasteiger partial charge is 0.360 e. The highest BCUT2D eigenvalue weighted by atomic mass is 32.2. The Morgan fingerprint density at radius 2 is 1.59 bits per heavy atom. The number of rotatable bonds is 4. The van der Waals surface area contributed by atoms with E-state index < -0.39 is 10.0 Å². The number of aromatic nitrogens is 3. The molecule has 10 heteroatoms. The maximum atomic E-state index is 13.0. The predicted octanol–water partition coefficient (Wildman–Crippen LogP) is 1.89. The van der Waals surface area contributed by atoms with Crippen LogP contribution in [0.1, 0.15) is 36.4 Å². The fraction of sp³-hybridized carbons (Fsp3) is 0.632. The molecule has 158 valence electrons. The molecular weight excluding hydrogens is 392 g/mol. The summed E-state index contributed by atoms with van der Waals surface area (Å²) in [5.41, 5.74) is 1.34. The van der Waals surface area contributed by atoms with Crippen molar-refractivity contribution < 1.29 is 12.9 Å². The molecule has 2 aromatic rings. The van der Waals surface area contributed by atoms with Crippen LogP contribution in [0.4, 0.5) is 11.8 Å². The minimum absolute atomic E-state index is 0.191. The highest BCUT2D eigenvalue weighted by Gasteiger charge is 2.33. The van der Waals surface area contributed by atoms with Crippen LogP contribution < -0.4 is 9.80 Å². The lowest BCUT2D eigenvalue weighted by Crippen LogP contribution is -2.49. The lowest BCUT2D eigenvalue weighted by molar-refractivity contribution is 0.377. The average molecular weight is 421 g/mol. The fourth-order valence-electron chi connectivity index (χ4n) is 4.06. The first kappa shape index (κ1) is 20.1. The number of hydrogen-bond donors (Lipinski definition) is 0. The minimum atomic E-state index is -3.61. The Labute approximate surface area is 171 Å². The van der Waals surface area contributed by atoms with Crippen molar-refractivity contribution in [2.24, 2.45) is 0 Å². The van der Waals surface area contributed by atoms with Gasteiger partial charge >= 0.3 is 0 Å². The summed E-state index contributed by atoms with van der Waals surface area (Å²) >= 11 is 0. The van der Waals surface area contributed by atoms with Crippen molar-refractivity contribution in [3.05, 3.63) is 23.2 Å². The van der Waals surface area contributed by atoms with Gasteiger partial charge < -0.3 is 14.3 Å². The summed E-state index contributed by atoms with van der Waals surface area (Å²) in [5.74, 6) is 1.99. The van der Waals surface area contributed by atoms with Gasteiger partial charge in [0.05, 0.1) is 0 Å². The quantitative estimate of drug-likeness (QED) is 0.740. The summed E-state index contributed by atoms with van der Waals surface area (Å²) in [7, 11) is -3.61. The number of anilines is 2. The number of piperazine rings is 1. The molecule has 4 rings (SSSR count). The monoisotopic (exact) mass is 420 g/mol. The maximum absolute atomic E-state index is 13.0. The molecular formula is C19H28N6O3S. The maximum Gasteiger partial charge on any atom is 0.248 e. The standard InChI is InChI=1S/C19H28N6O3S/c1-14-13-17(21-19(20-14)24-7-5-4-6-8-24)23-9-11-25(12-10-23)29(26,27)18-15(2)22-28-16(18)3/h13H,4-12H2,1-3H3. The summed E-state index contributed by atoms with van der Waals surface area (Å²) in [6.45, 7) is 9.22. The second-order valence-corrected chi connectivity index (χ2v) is 9.63. The van der Waals surface area contributed by atoms with Gasteiger partial charge in [-0.1, -0.05) is 5.16 Å². The van der Waals surface area contributed by atoms with Gasteiger partial charge in [-0.05, 0) is 40.0 Å². The molecule has 0 amide bonds. The van der Waals surface area contributed by atoms with Gasteiger partial charge in [0.1, 0.15) is 16.4 Å². The minimum Gasteiger partial charge on any atom is -0.360 e. The van der Waals surface area contributed by atoms with Gasteiger partial charge in [0.25, 0.3) is 0 Å². The summed E-state index contributed by atoms with van der Waals surface area (Å²) < 4.78 is 32.6. The molecule has 0 N–H and O–H groups in total. The predicted molar refractivity (Wildman–Crippen MR) is 110 cm³/mol. The Hall–Kier alpha value is -2.20. The van der Waals surface area contributed by atoms with E-state index in [0.29, 0.717) is 37.6 Å². The molecule has 2 saturated heterocycles. The number of sulfonamides is 1.